The fraction of sp³-hybridized carbons (Fsp3) is 0.211. The maximum Gasteiger partial charge on any atom is 0.339 e. The summed E-state index contributed by atoms with van der Waals surface area (Å²) in [6.07, 6.45) is 0.151. The number of nitrogens with one attached hydrogen (secondary N) is 2. The van der Waals surface area contributed by atoms with Gasteiger partial charge in [-0.05, 0) is 36.2 Å². The van der Waals surface area contributed by atoms with Gasteiger partial charge in [-0.1, -0.05) is 24.3 Å². The topological polar surface area (TPSA) is 84.5 Å². The van der Waals surface area contributed by atoms with Crippen molar-refractivity contribution in [3.05, 3.63) is 65.5 Å². The number of ether oxygens (including phenoxy) is 1. The van der Waals surface area contributed by atoms with Gasteiger partial charge in [0, 0.05) is 6.54 Å². The lowest BCUT2D eigenvalue weighted by atomic mass is 10.1. The normalized spacial score (nSPS) is 10.1. The minimum absolute atomic E-state index is 0.208. The first kappa shape index (κ1) is 19.1. The Balaban J connectivity index is 1.81. The summed E-state index contributed by atoms with van der Waals surface area (Å²) in [5.74, 6) is -1.88. The Labute approximate surface area is 150 Å². The smallest absolute Gasteiger partial charge is 0.339 e. The molecule has 7 heteroatoms. The van der Waals surface area contributed by atoms with Crippen LogP contribution in [0.5, 0.6) is 0 Å². The number of anilines is 1. The van der Waals surface area contributed by atoms with Crippen molar-refractivity contribution in [1.29, 1.82) is 0 Å². The first-order chi connectivity index (χ1) is 12.5. The van der Waals surface area contributed by atoms with Gasteiger partial charge < -0.3 is 15.4 Å². The maximum absolute atomic E-state index is 12.8. The lowest BCUT2D eigenvalue weighted by Crippen LogP contribution is -2.30. The monoisotopic (exact) mass is 358 g/mol. The Morgan fingerprint density at radius 2 is 1.69 bits per heavy atom. The van der Waals surface area contributed by atoms with E-state index in [1.54, 1.807) is 30.3 Å². The van der Waals surface area contributed by atoms with E-state index in [1.807, 2.05) is 0 Å². The number of rotatable bonds is 7. The molecule has 2 N–H and O–H groups in total. The number of carbonyl (C=O) groups excluding carboxylic acids is 3. The van der Waals surface area contributed by atoms with Crippen molar-refractivity contribution in [2.24, 2.45) is 0 Å². The summed E-state index contributed by atoms with van der Waals surface area (Å²) in [7, 11) is 1.25. The number of esters is 1. The number of halogens is 1. The van der Waals surface area contributed by atoms with Crippen LogP contribution in [0.4, 0.5) is 10.1 Å². The highest BCUT2D eigenvalue weighted by Crippen LogP contribution is 2.16. The van der Waals surface area contributed by atoms with Crippen molar-refractivity contribution in [3.8, 4) is 0 Å². The van der Waals surface area contributed by atoms with Crippen molar-refractivity contribution in [2.45, 2.75) is 12.8 Å². The number of benzene rings is 2. The third-order valence-electron chi connectivity index (χ3n) is 3.58. The summed E-state index contributed by atoms with van der Waals surface area (Å²) in [6.45, 7) is 0.330. The molecule has 0 bridgehead atoms. The predicted molar refractivity (Wildman–Crippen MR) is 94.1 cm³/mol. The average molecular weight is 358 g/mol. The second-order valence-electron chi connectivity index (χ2n) is 5.49. The molecule has 2 aromatic rings. The van der Waals surface area contributed by atoms with Gasteiger partial charge in [0.1, 0.15) is 12.2 Å². The summed E-state index contributed by atoms with van der Waals surface area (Å²) in [6, 6.07) is 12.3. The van der Waals surface area contributed by atoms with E-state index in [-0.39, 0.29) is 23.5 Å². The molecule has 0 atom stereocenters. The van der Waals surface area contributed by atoms with Crippen LogP contribution in [0.25, 0.3) is 0 Å². The molecule has 0 unspecified atom stereocenters. The van der Waals surface area contributed by atoms with Crippen LogP contribution in [0, 0.1) is 5.82 Å². The van der Waals surface area contributed by atoms with Gasteiger partial charge >= 0.3 is 5.97 Å². The van der Waals surface area contributed by atoms with Crippen LogP contribution < -0.4 is 10.6 Å². The van der Waals surface area contributed by atoms with E-state index in [1.165, 1.54) is 25.3 Å². The van der Waals surface area contributed by atoms with Gasteiger partial charge in [-0.3, -0.25) is 9.59 Å². The van der Waals surface area contributed by atoms with Gasteiger partial charge in [0.15, 0.2) is 0 Å². The highest BCUT2D eigenvalue weighted by molar-refractivity contribution is 6.06. The Hall–Kier alpha value is -3.22. The van der Waals surface area contributed by atoms with Gasteiger partial charge in [-0.15, -0.1) is 0 Å². The second kappa shape index (κ2) is 9.31. The SMILES string of the molecule is COC(=O)c1ccccc1NC(=O)CC(=O)NCCc1ccc(F)cc1. The number of methoxy groups -OCH3 is 1. The Bertz CT molecular complexity index is 790. The lowest BCUT2D eigenvalue weighted by Gasteiger charge is -2.10. The molecule has 0 heterocycles. The third-order valence-corrected chi connectivity index (χ3v) is 3.58. The summed E-state index contributed by atoms with van der Waals surface area (Å²) < 4.78 is 17.5. The van der Waals surface area contributed by atoms with E-state index in [9.17, 15) is 18.8 Å². The molecule has 0 spiro atoms. The fourth-order valence-corrected chi connectivity index (χ4v) is 2.28. The molecule has 0 aliphatic heterocycles. The molecule has 0 aromatic heterocycles. The zero-order valence-corrected chi connectivity index (χ0v) is 14.3. The zero-order chi connectivity index (χ0) is 18.9. The standard InChI is InChI=1S/C19H19FN2O4/c1-26-19(25)15-4-2-3-5-16(15)22-18(24)12-17(23)21-11-10-13-6-8-14(20)9-7-13/h2-9H,10-12H2,1H3,(H,21,23)(H,22,24). The van der Waals surface area contributed by atoms with E-state index in [2.05, 4.69) is 15.4 Å². The molecule has 6 nitrogen and oxygen atoms in total. The first-order valence-corrected chi connectivity index (χ1v) is 7.98. The molecule has 2 rings (SSSR count). The fourth-order valence-electron chi connectivity index (χ4n) is 2.28. The molecule has 0 aliphatic carbocycles. The van der Waals surface area contributed by atoms with E-state index in [0.717, 1.165) is 5.56 Å². The summed E-state index contributed by atoms with van der Waals surface area (Å²) in [5.41, 5.74) is 1.37. The molecular weight excluding hydrogens is 339 g/mol. The van der Waals surface area contributed by atoms with E-state index in [4.69, 9.17) is 0 Å². The third kappa shape index (κ3) is 5.70. The van der Waals surface area contributed by atoms with E-state index < -0.39 is 17.8 Å². The molecule has 2 amide bonds. The lowest BCUT2D eigenvalue weighted by molar-refractivity contribution is -0.126. The molecule has 0 aliphatic rings. The average Bonchev–Trinajstić information content (AvgIpc) is 2.63. The van der Waals surface area contributed by atoms with Crippen LogP contribution in [0.2, 0.25) is 0 Å². The van der Waals surface area contributed by atoms with Gasteiger partial charge in [-0.25, -0.2) is 9.18 Å². The highest BCUT2D eigenvalue weighted by Gasteiger charge is 2.15. The minimum atomic E-state index is -0.579. The Morgan fingerprint density at radius 1 is 1.00 bits per heavy atom. The van der Waals surface area contributed by atoms with Crippen molar-refractivity contribution in [3.63, 3.8) is 0 Å². The Morgan fingerprint density at radius 3 is 2.38 bits per heavy atom. The number of hydrogen-bond donors (Lipinski definition) is 2. The summed E-state index contributed by atoms with van der Waals surface area (Å²) >= 11 is 0. The van der Waals surface area contributed by atoms with Gasteiger partial charge in [0.05, 0.1) is 18.4 Å². The number of carbonyl (C=O) groups is 3. The largest absolute Gasteiger partial charge is 0.465 e. The van der Waals surface area contributed by atoms with Crippen molar-refractivity contribution in [1.82, 2.24) is 5.32 Å². The minimum Gasteiger partial charge on any atom is -0.465 e. The van der Waals surface area contributed by atoms with Crippen LogP contribution >= 0.6 is 0 Å². The molecule has 136 valence electrons. The zero-order valence-electron chi connectivity index (χ0n) is 14.3. The highest BCUT2D eigenvalue weighted by atomic mass is 19.1. The quantitative estimate of drug-likeness (QED) is 0.588. The van der Waals surface area contributed by atoms with Gasteiger partial charge in [0.25, 0.3) is 0 Å². The van der Waals surface area contributed by atoms with Crippen LogP contribution in [0.3, 0.4) is 0 Å². The number of hydrogen-bond acceptors (Lipinski definition) is 4. The number of amides is 2. The molecule has 0 saturated carbocycles. The van der Waals surface area contributed by atoms with Crippen LogP contribution in [-0.4, -0.2) is 31.4 Å². The van der Waals surface area contributed by atoms with Gasteiger partial charge in [-0.2, -0.15) is 0 Å². The molecule has 26 heavy (non-hydrogen) atoms. The van der Waals surface area contributed by atoms with Crippen molar-refractivity contribution in [2.75, 3.05) is 19.0 Å². The van der Waals surface area contributed by atoms with E-state index in [0.29, 0.717) is 13.0 Å². The molecular formula is C19H19FN2O4. The molecule has 0 saturated heterocycles. The van der Waals surface area contributed by atoms with Crippen LogP contribution in [0.15, 0.2) is 48.5 Å². The summed E-state index contributed by atoms with van der Waals surface area (Å²) in [5, 5.41) is 5.15. The molecule has 0 fully saturated rings. The van der Waals surface area contributed by atoms with E-state index >= 15 is 0 Å². The molecule has 0 radical (unpaired) electrons. The van der Waals surface area contributed by atoms with Crippen molar-refractivity contribution >= 4 is 23.5 Å². The van der Waals surface area contributed by atoms with Gasteiger partial charge in [0.2, 0.25) is 11.8 Å². The predicted octanol–water partition coefficient (Wildman–Crippen LogP) is 2.30. The first-order valence-electron chi connectivity index (χ1n) is 7.98. The van der Waals surface area contributed by atoms with Crippen LogP contribution in [0.1, 0.15) is 22.3 Å². The second-order valence-corrected chi connectivity index (χ2v) is 5.49. The summed E-state index contributed by atoms with van der Waals surface area (Å²) in [4.78, 5) is 35.5. The maximum atomic E-state index is 12.8. The molecule has 2 aromatic carbocycles. The number of para-hydroxylation sites is 1. The van der Waals surface area contributed by atoms with Crippen molar-refractivity contribution < 1.29 is 23.5 Å². The van der Waals surface area contributed by atoms with Crippen LogP contribution in [-0.2, 0) is 20.7 Å². The Kier molecular flexibility index (Phi) is 6.84.